The lowest BCUT2D eigenvalue weighted by Crippen LogP contribution is -2.11. The Labute approximate surface area is 76.8 Å². The van der Waals surface area contributed by atoms with Crippen LogP contribution in [0.2, 0.25) is 0 Å². The molecule has 0 amide bonds. The highest BCUT2D eigenvalue weighted by atomic mass is 15.3. The molecular formula is C11H10N2. The van der Waals surface area contributed by atoms with Gasteiger partial charge in [-0.3, -0.25) is 4.68 Å². The van der Waals surface area contributed by atoms with E-state index in [0.29, 0.717) is 0 Å². The minimum Gasteiger partial charge on any atom is -0.265 e. The maximum Gasteiger partial charge on any atom is 0.0685 e. The van der Waals surface area contributed by atoms with Crippen molar-refractivity contribution in [2.75, 3.05) is 0 Å². The second-order valence-corrected chi connectivity index (χ2v) is 3.35. The Balaban J connectivity index is 2.30. The van der Waals surface area contributed by atoms with Crippen molar-refractivity contribution in [2.45, 2.75) is 13.0 Å². The first-order valence-corrected chi connectivity index (χ1v) is 4.55. The minimum absolute atomic E-state index is 1.01. The molecule has 0 atom stereocenters. The van der Waals surface area contributed by atoms with E-state index < -0.39 is 0 Å². The molecule has 1 aliphatic heterocycles. The van der Waals surface area contributed by atoms with E-state index in [0.717, 1.165) is 13.0 Å². The zero-order chi connectivity index (χ0) is 8.67. The van der Waals surface area contributed by atoms with Crippen LogP contribution in [-0.2, 0) is 13.0 Å². The Bertz CT molecular complexity index is 443. The number of fused-ring (bicyclic) bond motifs is 3. The summed E-state index contributed by atoms with van der Waals surface area (Å²) in [5.41, 5.74) is 4.03. The van der Waals surface area contributed by atoms with Gasteiger partial charge in [-0.2, -0.15) is 5.10 Å². The van der Waals surface area contributed by atoms with Crippen molar-refractivity contribution in [2.24, 2.45) is 0 Å². The van der Waals surface area contributed by atoms with Gasteiger partial charge < -0.3 is 0 Å². The molecule has 0 N–H and O–H groups in total. The Morgan fingerprint density at radius 2 is 2.08 bits per heavy atom. The zero-order valence-corrected chi connectivity index (χ0v) is 7.27. The number of hydrogen-bond acceptors (Lipinski definition) is 1. The van der Waals surface area contributed by atoms with Gasteiger partial charge in [0, 0.05) is 18.3 Å². The molecule has 13 heavy (non-hydrogen) atoms. The Morgan fingerprint density at radius 3 is 3.08 bits per heavy atom. The molecule has 0 radical (unpaired) electrons. The second kappa shape index (κ2) is 2.46. The molecule has 0 spiro atoms. The Hall–Kier alpha value is -1.57. The molecule has 2 aromatic rings. The number of aryl methyl sites for hydroxylation is 2. The standard InChI is InChI=1S/C11H10N2/c1-2-4-10-9(3-1)6-8-13-11(10)5-7-12-13/h1-5,7H,6,8H2. The van der Waals surface area contributed by atoms with Crippen molar-refractivity contribution in [3.8, 4) is 11.3 Å². The first kappa shape index (κ1) is 6.89. The second-order valence-electron chi connectivity index (χ2n) is 3.35. The predicted octanol–water partition coefficient (Wildman–Crippen LogP) is 2.11. The zero-order valence-electron chi connectivity index (χ0n) is 7.27. The van der Waals surface area contributed by atoms with E-state index >= 15 is 0 Å². The van der Waals surface area contributed by atoms with Gasteiger partial charge >= 0.3 is 0 Å². The van der Waals surface area contributed by atoms with Crippen molar-refractivity contribution in [3.05, 3.63) is 42.1 Å². The summed E-state index contributed by atoms with van der Waals surface area (Å²) < 4.78 is 2.07. The van der Waals surface area contributed by atoms with Gasteiger partial charge in [-0.15, -0.1) is 0 Å². The molecule has 2 heteroatoms. The molecule has 2 heterocycles. The largest absolute Gasteiger partial charge is 0.265 e. The number of hydrogen-bond donors (Lipinski definition) is 0. The van der Waals surface area contributed by atoms with Crippen LogP contribution in [0.15, 0.2) is 36.5 Å². The third-order valence-electron chi connectivity index (χ3n) is 2.60. The molecule has 0 bridgehead atoms. The van der Waals surface area contributed by atoms with Crippen LogP contribution in [-0.4, -0.2) is 9.78 Å². The summed E-state index contributed by atoms with van der Waals surface area (Å²) >= 11 is 0. The molecule has 0 saturated heterocycles. The maximum absolute atomic E-state index is 4.27. The number of benzene rings is 1. The molecule has 2 nitrogen and oxygen atoms in total. The van der Waals surface area contributed by atoms with E-state index in [4.69, 9.17) is 0 Å². The molecule has 64 valence electrons. The summed E-state index contributed by atoms with van der Waals surface area (Å²) in [5.74, 6) is 0. The fraction of sp³-hybridized carbons (Fsp3) is 0.182. The molecule has 3 rings (SSSR count). The quantitative estimate of drug-likeness (QED) is 0.592. The molecule has 1 aliphatic rings. The van der Waals surface area contributed by atoms with Gasteiger partial charge in [0.1, 0.15) is 0 Å². The minimum atomic E-state index is 1.01. The summed E-state index contributed by atoms with van der Waals surface area (Å²) in [4.78, 5) is 0. The van der Waals surface area contributed by atoms with Crippen molar-refractivity contribution in [3.63, 3.8) is 0 Å². The average molecular weight is 170 g/mol. The van der Waals surface area contributed by atoms with E-state index in [1.54, 1.807) is 0 Å². The topological polar surface area (TPSA) is 17.8 Å². The molecule has 0 fully saturated rings. The van der Waals surface area contributed by atoms with Crippen LogP contribution < -0.4 is 0 Å². The van der Waals surface area contributed by atoms with Crippen LogP contribution in [0.25, 0.3) is 11.3 Å². The van der Waals surface area contributed by atoms with Crippen molar-refractivity contribution in [1.82, 2.24) is 9.78 Å². The highest BCUT2D eigenvalue weighted by Gasteiger charge is 2.14. The summed E-state index contributed by atoms with van der Waals surface area (Å²) in [5, 5.41) is 4.27. The van der Waals surface area contributed by atoms with Crippen molar-refractivity contribution < 1.29 is 0 Å². The summed E-state index contributed by atoms with van der Waals surface area (Å²) in [6.07, 6.45) is 2.97. The third-order valence-corrected chi connectivity index (χ3v) is 2.60. The SMILES string of the molecule is c1ccc2c(c1)CCn1nccc1-2. The molecule has 0 aliphatic carbocycles. The molecule has 0 unspecified atom stereocenters. The third kappa shape index (κ3) is 0.917. The van der Waals surface area contributed by atoms with Crippen LogP contribution in [0.3, 0.4) is 0 Å². The van der Waals surface area contributed by atoms with Gasteiger partial charge in [-0.25, -0.2) is 0 Å². The van der Waals surface area contributed by atoms with Crippen molar-refractivity contribution >= 4 is 0 Å². The predicted molar refractivity (Wildman–Crippen MR) is 51.4 cm³/mol. The van der Waals surface area contributed by atoms with E-state index in [1.165, 1.54) is 16.8 Å². The normalized spacial score (nSPS) is 13.5. The van der Waals surface area contributed by atoms with Gasteiger partial charge in [0.05, 0.1) is 5.69 Å². The monoisotopic (exact) mass is 170 g/mol. The molecule has 1 aromatic carbocycles. The lowest BCUT2D eigenvalue weighted by Gasteiger charge is -2.17. The lowest BCUT2D eigenvalue weighted by molar-refractivity contribution is 0.607. The van der Waals surface area contributed by atoms with Crippen LogP contribution in [0.5, 0.6) is 0 Å². The van der Waals surface area contributed by atoms with Crippen molar-refractivity contribution in [1.29, 1.82) is 0 Å². The molecule has 0 saturated carbocycles. The van der Waals surface area contributed by atoms with Gasteiger partial charge in [-0.05, 0) is 18.1 Å². The fourth-order valence-corrected chi connectivity index (χ4v) is 1.95. The maximum atomic E-state index is 4.27. The number of rotatable bonds is 0. The van der Waals surface area contributed by atoms with Crippen LogP contribution in [0.1, 0.15) is 5.56 Å². The van der Waals surface area contributed by atoms with Gasteiger partial charge in [0.15, 0.2) is 0 Å². The fourth-order valence-electron chi connectivity index (χ4n) is 1.95. The first-order chi connectivity index (χ1) is 6.45. The van der Waals surface area contributed by atoms with Gasteiger partial charge in [0.2, 0.25) is 0 Å². The first-order valence-electron chi connectivity index (χ1n) is 4.55. The highest BCUT2D eigenvalue weighted by Crippen LogP contribution is 2.27. The van der Waals surface area contributed by atoms with Crippen LogP contribution in [0.4, 0.5) is 0 Å². The van der Waals surface area contributed by atoms with Crippen LogP contribution >= 0.6 is 0 Å². The number of aromatic nitrogens is 2. The molecule has 1 aromatic heterocycles. The Morgan fingerprint density at radius 1 is 1.15 bits per heavy atom. The smallest absolute Gasteiger partial charge is 0.0685 e. The summed E-state index contributed by atoms with van der Waals surface area (Å²) in [6.45, 7) is 1.01. The Kier molecular flexibility index (Phi) is 1.30. The average Bonchev–Trinajstić information content (AvgIpc) is 2.65. The molecular weight excluding hydrogens is 160 g/mol. The lowest BCUT2D eigenvalue weighted by atomic mass is 9.99. The van der Waals surface area contributed by atoms with E-state index in [2.05, 4.69) is 40.1 Å². The van der Waals surface area contributed by atoms with E-state index in [-0.39, 0.29) is 0 Å². The summed E-state index contributed by atoms with van der Waals surface area (Å²) in [6, 6.07) is 10.6. The van der Waals surface area contributed by atoms with E-state index in [1.807, 2.05) is 6.20 Å². The van der Waals surface area contributed by atoms with Gasteiger partial charge in [-0.1, -0.05) is 24.3 Å². The summed E-state index contributed by atoms with van der Waals surface area (Å²) in [7, 11) is 0. The van der Waals surface area contributed by atoms with E-state index in [9.17, 15) is 0 Å². The highest BCUT2D eigenvalue weighted by molar-refractivity contribution is 5.65. The number of nitrogens with zero attached hydrogens (tertiary/aromatic N) is 2. The van der Waals surface area contributed by atoms with Crippen LogP contribution in [0, 0.1) is 0 Å². The van der Waals surface area contributed by atoms with Gasteiger partial charge in [0.25, 0.3) is 0 Å².